The molecule has 0 aliphatic heterocycles. The van der Waals surface area contributed by atoms with Crippen LogP contribution in [0.1, 0.15) is 5.56 Å². The minimum atomic E-state index is 0.490. The van der Waals surface area contributed by atoms with Gasteiger partial charge in [-0.15, -0.1) is 0 Å². The second-order valence-corrected chi connectivity index (χ2v) is 4.35. The summed E-state index contributed by atoms with van der Waals surface area (Å²) in [7, 11) is 1.58. The van der Waals surface area contributed by atoms with Gasteiger partial charge in [0.2, 0.25) is 0 Å². The first kappa shape index (κ1) is 11.9. The van der Waals surface area contributed by atoms with E-state index in [9.17, 15) is 0 Å². The summed E-state index contributed by atoms with van der Waals surface area (Å²) in [4.78, 5) is 4.11. The van der Waals surface area contributed by atoms with Crippen molar-refractivity contribution in [3.63, 3.8) is 0 Å². The van der Waals surface area contributed by atoms with E-state index >= 15 is 0 Å². The molecule has 0 unspecified atom stereocenters. The van der Waals surface area contributed by atoms with E-state index in [1.807, 2.05) is 36.4 Å². The van der Waals surface area contributed by atoms with Gasteiger partial charge >= 0.3 is 0 Å². The smallest absolute Gasteiger partial charge is 0.256 e. The monoisotopic (exact) mass is 293 g/mol. The molecular weight excluding hydrogens is 282 g/mol. The maximum atomic E-state index is 5.68. The highest BCUT2D eigenvalue weighted by molar-refractivity contribution is 9.10. The van der Waals surface area contributed by atoms with E-state index in [2.05, 4.69) is 20.9 Å². The number of nitrogens with zero attached hydrogens (tertiary/aromatic N) is 1. The zero-order valence-corrected chi connectivity index (χ0v) is 11.0. The van der Waals surface area contributed by atoms with Crippen molar-refractivity contribution in [1.29, 1.82) is 0 Å². The molecule has 3 nitrogen and oxygen atoms in total. The molecule has 0 bridgehead atoms. The normalized spacial score (nSPS) is 10.0. The topological polar surface area (TPSA) is 31.4 Å². The summed E-state index contributed by atoms with van der Waals surface area (Å²) in [5.41, 5.74) is 1.11. The largest absolute Gasteiger partial charge is 0.483 e. The maximum absolute atomic E-state index is 5.68. The van der Waals surface area contributed by atoms with Gasteiger partial charge in [-0.1, -0.05) is 30.3 Å². The molecule has 0 saturated carbocycles. The average molecular weight is 294 g/mol. The van der Waals surface area contributed by atoms with Crippen LogP contribution >= 0.6 is 15.9 Å². The molecule has 0 aliphatic rings. The quantitative estimate of drug-likeness (QED) is 0.865. The molecule has 17 heavy (non-hydrogen) atoms. The number of halogens is 1. The Morgan fingerprint density at radius 3 is 2.71 bits per heavy atom. The summed E-state index contributed by atoms with van der Waals surface area (Å²) in [5, 5.41) is 0. The molecule has 0 spiro atoms. The minimum absolute atomic E-state index is 0.490. The van der Waals surface area contributed by atoms with Gasteiger partial charge in [-0.05, 0) is 21.5 Å². The number of ether oxygens (including phenoxy) is 2. The van der Waals surface area contributed by atoms with E-state index in [-0.39, 0.29) is 0 Å². The molecule has 4 heteroatoms. The summed E-state index contributed by atoms with van der Waals surface area (Å²) in [6, 6.07) is 11.8. The third-order valence-corrected chi connectivity index (χ3v) is 2.65. The Morgan fingerprint density at radius 2 is 2.00 bits per heavy atom. The molecule has 0 fully saturated rings. The van der Waals surface area contributed by atoms with Crippen LogP contribution in [0.2, 0.25) is 0 Å². The molecular formula is C13H12BrNO2. The fraction of sp³-hybridized carbons (Fsp3) is 0.154. The summed E-state index contributed by atoms with van der Waals surface area (Å²) in [5.74, 6) is 1.12. The van der Waals surface area contributed by atoms with Gasteiger partial charge in [0.1, 0.15) is 6.61 Å². The van der Waals surface area contributed by atoms with Crippen LogP contribution in [0.25, 0.3) is 0 Å². The van der Waals surface area contributed by atoms with Crippen molar-refractivity contribution in [2.75, 3.05) is 7.11 Å². The number of rotatable bonds is 4. The van der Waals surface area contributed by atoms with Gasteiger partial charge in [0.25, 0.3) is 5.88 Å². The lowest BCUT2D eigenvalue weighted by Gasteiger charge is -2.09. The minimum Gasteiger partial charge on any atom is -0.483 e. The van der Waals surface area contributed by atoms with Gasteiger partial charge in [0, 0.05) is 16.7 Å². The fourth-order valence-electron chi connectivity index (χ4n) is 1.40. The Labute approximate surface area is 109 Å². The van der Waals surface area contributed by atoms with E-state index in [1.165, 1.54) is 0 Å². The predicted molar refractivity (Wildman–Crippen MR) is 69.3 cm³/mol. The van der Waals surface area contributed by atoms with Crippen LogP contribution in [0, 0.1) is 0 Å². The van der Waals surface area contributed by atoms with E-state index in [4.69, 9.17) is 9.47 Å². The van der Waals surface area contributed by atoms with Crippen molar-refractivity contribution in [3.05, 3.63) is 52.6 Å². The first-order valence-electron chi connectivity index (χ1n) is 5.16. The summed E-state index contributed by atoms with van der Waals surface area (Å²) in [6.07, 6.45) is 1.67. The highest BCUT2D eigenvalue weighted by atomic mass is 79.9. The first-order chi connectivity index (χ1) is 8.29. The molecule has 0 amide bonds. The molecule has 88 valence electrons. The number of hydrogen-bond donors (Lipinski definition) is 0. The van der Waals surface area contributed by atoms with Crippen molar-refractivity contribution >= 4 is 15.9 Å². The lowest BCUT2D eigenvalue weighted by Crippen LogP contribution is -1.98. The third kappa shape index (κ3) is 3.20. The van der Waals surface area contributed by atoms with Gasteiger partial charge in [-0.25, -0.2) is 4.98 Å². The van der Waals surface area contributed by atoms with Crippen molar-refractivity contribution in [3.8, 4) is 11.6 Å². The van der Waals surface area contributed by atoms with E-state index < -0.39 is 0 Å². The van der Waals surface area contributed by atoms with Crippen LogP contribution in [-0.2, 0) is 6.61 Å². The van der Waals surface area contributed by atoms with Crippen molar-refractivity contribution < 1.29 is 9.47 Å². The number of methoxy groups -OCH3 is 1. The Kier molecular flexibility index (Phi) is 3.98. The summed E-state index contributed by atoms with van der Waals surface area (Å²) < 4.78 is 11.7. The highest BCUT2D eigenvalue weighted by Gasteiger charge is 2.06. The number of aromatic nitrogens is 1. The number of pyridine rings is 1. The summed E-state index contributed by atoms with van der Waals surface area (Å²) >= 11 is 3.35. The molecule has 0 aliphatic carbocycles. The fourth-order valence-corrected chi connectivity index (χ4v) is 1.71. The predicted octanol–water partition coefficient (Wildman–Crippen LogP) is 3.43. The Morgan fingerprint density at radius 1 is 1.24 bits per heavy atom. The van der Waals surface area contributed by atoms with Crippen LogP contribution in [0.15, 0.2) is 47.1 Å². The van der Waals surface area contributed by atoms with E-state index in [1.54, 1.807) is 13.3 Å². The van der Waals surface area contributed by atoms with Crippen LogP contribution in [0.5, 0.6) is 11.6 Å². The SMILES string of the molecule is COc1ncc(Br)cc1OCc1ccccc1. The molecule has 1 heterocycles. The van der Waals surface area contributed by atoms with E-state index in [0.29, 0.717) is 18.2 Å². The van der Waals surface area contributed by atoms with Gasteiger partial charge in [-0.2, -0.15) is 0 Å². The second-order valence-electron chi connectivity index (χ2n) is 3.44. The maximum Gasteiger partial charge on any atom is 0.256 e. The number of benzene rings is 1. The Bertz CT molecular complexity index is 488. The number of hydrogen-bond acceptors (Lipinski definition) is 3. The Hall–Kier alpha value is -1.55. The van der Waals surface area contributed by atoms with Crippen molar-refractivity contribution in [2.24, 2.45) is 0 Å². The van der Waals surface area contributed by atoms with Crippen LogP contribution < -0.4 is 9.47 Å². The van der Waals surface area contributed by atoms with Crippen LogP contribution in [0.4, 0.5) is 0 Å². The standard InChI is InChI=1S/C13H12BrNO2/c1-16-13-12(7-11(14)8-15-13)17-9-10-5-3-2-4-6-10/h2-8H,9H2,1H3. The molecule has 0 N–H and O–H groups in total. The first-order valence-corrected chi connectivity index (χ1v) is 5.95. The van der Waals surface area contributed by atoms with Gasteiger partial charge < -0.3 is 9.47 Å². The zero-order chi connectivity index (χ0) is 12.1. The lowest BCUT2D eigenvalue weighted by molar-refractivity contribution is 0.279. The summed E-state index contributed by atoms with van der Waals surface area (Å²) in [6.45, 7) is 0.495. The van der Waals surface area contributed by atoms with E-state index in [0.717, 1.165) is 10.0 Å². The van der Waals surface area contributed by atoms with Gasteiger partial charge in [0.05, 0.1) is 7.11 Å². The van der Waals surface area contributed by atoms with Crippen molar-refractivity contribution in [1.82, 2.24) is 4.98 Å². The molecule has 0 radical (unpaired) electrons. The highest BCUT2D eigenvalue weighted by Crippen LogP contribution is 2.28. The van der Waals surface area contributed by atoms with Crippen molar-refractivity contribution in [2.45, 2.75) is 6.61 Å². The van der Waals surface area contributed by atoms with Gasteiger partial charge in [0.15, 0.2) is 5.75 Å². The second kappa shape index (κ2) is 5.68. The molecule has 0 saturated heterocycles. The molecule has 1 aromatic carbocycles. The zero-order valence-electron chi connectivity index (χ0n) is 9.39. The molecule has 0 atom stereocenters. The Balaban J connectivity index is 2.11. The average Bonchev–Trinajstić information content (AvgIpc) is 2.38. The van der Waals surface area contributed by atoms with Crippen LogP contribution in [-0.4, -0.2) is 12.1 Å². The third-order valence-electron chi connectivity index (χ3n) is 2.22. The lowest BCUT2D eigenvalue weighted by atomic mass is 10.2. The molecule has 1 aromatic heterocycles. The molecule has 2 rings (SSSR count). The van der Waals surface area contributed by atoms with Crippen LogP contribution in [0.3, 0.4) is 0 Å². The molecule has 2 aromatic rings. The van der Waals surface area contributed by atoms with Gasteiger partial charge in [-0.3, -0.25) is 0 Å².